The second-order valence-corrected chi connectivity index (χ2v) is 4.94. The standard InChI is InChI=1S/C15H21N3O3/c1-5-9(2)13(16)15-17-14(18-21-15)10-6-7-11(19-3)12(8-10)20-4/h6-9,13H,5,16H2,1-4H3/t9?,13-/m0/s1. The maximum absolute atomic E-state index is 6.10. The molecule has 1 heterocycles. The van der Waals surface area contributed by atoms with Crippen LogP contribution in [-0.4, -0.2) is 24.4 Å². The van der Waals surface area contributed by atoms with Gasteiger partial charge in [0.1, 0.15) is 0 Å². The predicted octanol–water partition coefficient (Wildman–Crippen LogP) is 2.80. The lowest BCUT2D eigenvalue weighted by Gasteiger charge is -2.13. The molecule has 0 aliphatic rings. The highest BCUT2D eigenvalue weighted by Gasteiger charge is 2.21. The molecular weight excluding hydrogens is 270 g/mol. The molecule has 0 radical (unpaired) electrons. The number of methoxy groups -OCH3 is 2. The Labute approximate surface area is 124 Å². The molecule has 0 aliphatic heterocycles. The number of ether oxygens (including phenoxy) is 2. The molecule has 21 heavy (non-hydrogen) atoms. The van der Waals surface area contributed by atoms with E-state index >= 15 is 0 Å². The molecule has 6 nitrogen and oxygen atoms in total. The molecule has 1 aromatic carbocycles. The fourth-order valence-electron chi connectivity index (χ4n) is 1.96. The maximum atomic E-state index is 6.10. The zero-order chi connectivity index (χ0) is 15.4. The average Bonchev–Trinajstić information content (AvgIpc) is 3.02. The highest BCUT2D eigenvalue weighted by atomic mass is 16.5. The van der Waals surface area contributed by atoms with Crippen LogP contribution in [0, 0.1) is 5.92 Å². The monoisotopic (exact) mass is 291 g/mol. The van der Waals surface area contributed by atoms with Gasteiger partial charge in [-0.2, -0.15) is 4.98 Å². The highest BCUT2D eigenvalue weighted by molar-refractivity contribution is 5.60. The number of hydrogen-bond donors (Lipinski definition) is 1. The van der Waals surface area contributed by atoms with Crippen LogP contribution in [0.5, 0.6) is 11.5 Å². The fourth-order valence-corrected chi connectivity index (χ4v) is 1.96. The predicted molar refractivity (Wildman–Crippen MR) is 79.2 cm³/mol. The summed E-state index contributed by atoms with van der Waals surface area (Å²) in [5.41, 5.74) is 6.89. The first kappa shape index (κ1) is 15.3. The van der Waals surface area contributed by atoms with Crippen LogP contribution in [0.25, 0.3) is 11.4 Å². The van der Waals surface area contributed by atoms with Gasteiger partial charge in [0.2, 0.25) is 11.7 Å². The lowest BCUT2D eigenvalue weighted by atomic mass is 10.0. The van der Waals surface area contributed by atoms with Gasteiger partial charge in [0.15, 0.2) is 11.5 Å². The minimum Gasteiger partial charge on any atom is -0.493 e. The Morgan fingerprint density at radius 3 is 2.57 bits per heavy atom. The number of nitrogens with two attached hydrogens (primary N) is 1. The Morgan fingerprint density at radius 1 is 1.24 bits per heavy atom. The number of hydrogen-bond acceptors (Lipinski definition) is 6. The lowest BCUT2D eigenvalue weighted by Crippen LogP contribution is -2.18. The first-order valence-corrected chi connectivity index (χ1v) is 6.92. The summed E-state index contributed by atoms with van der Waals surface area (Å²) in [6, 6.07) is 5.21. The molecular formula is C15H21N3O3. The summed E-state index contributed by atoms with van der Waals surface area (Å²) in [6.45, 7) is 4.14. The minimum atomic E-state index is -0.253. The van der Waals surface area contributed by atoms with Crippen molar-refractivity contribution in [3.05, 3.63) is 24.1 Å². The molecule has 1 aromatic heterocycles. The van der Waals surface area contributed by atoms with Gasteiger partial charge in [0.05, 0.1) is 20.3 Å². The van der Waals surface area contributed by atoms with Gasteiger partial charge in [-0.15, -0.1) is 0 Å². The van der Waals surface area contributed by atoms with Gasteiger partial charge in [0.25, 0.3) is 0 Å². The number of benzene rings is 1. The zero-order valence-corrected chi connectivity index (χ0v) is 12.8. The normalized spacial score (nSPS) is 13.8. The van der Waals surface area contributed by atoms with Crippen molar-refractivity contribution in [1.29, 1.82) is 0 Å². The van der Waals surface area contributed by atoms with Crippen molar-refractivity contribution in [2.45, 2.75) is 26.3 Å². The van der Waals surface area contributed by atoms with E-state index in [4.69, 9.17) is 19.7 Å². The quantitative estimate of drug-likeness (QED) is 0.881. The van der Waals surface area contributed by atoms with Crippen molar-refractivity contribution in [1.82, 2.24) is 10.1 Å². The lowest BCUT2D eigenvalue weighted by molar-refractivity contribution is 0.312. The molecule has 2 aromatic rings. The Bertz CT molecular complexity index is 598. The van der Waals surface area contributed by atoms with Gasteiger partial charge in [-0.25, -0.2) is 0 Å². The van der Waals surface area contributed by atoms with Gasteiger partial charge in [0, 0.05) is 5.56 Å². The first-order chi connectivity index (χ1) is 10.1. The van der Waals surface area contributed by atoms with Crippen molar-refractivity contribution in [3.8, 4) is 22.9 Å². The smallest absolute Gasteiger partial charge is 0.244 e. The van der Waals surface area contributed by atoms with E-state index in [-0.39, 0.29) is 12.0 Å². The molecule has 2 N–H and O–H groups in total. The largest absolute Gasteiger partial charge is 0.493 e. The molecule has 2 atom stereocenters. The summed E-state index contributed by atoms with van der Waals surface area (Å²) < 4.78 is 15.8. The van der Waals surface area contributed by atoms with Gasteiger partial charge >= 0.3 is 0 Å². The zero-order valence-electron chi connectivity index (χ0n) is 12.8. The second-order valence-electron chi connectivity index (χ2n) is 4.94. The first-order valence-electron chi connectivity index (χ1n) is 6.92. The molecule has 114 valence electrons. The van der Waals surface area contributed by atoms with Crippen LogP contribution < -0.4 is 15.2 Å². The van der Waals surface area contributed by atoms with Gasteiger partial charge in [-0.05, 0) is 24.1 Å². The van der Waals surface area contributed by atoms with Crippen LogP contribution in [0.2, 0.25) is 0 Å². The van der Waals surface area contributed by atoms with E-state index in [2.05, 4.69) is 24.0 Å². The van der Waals surface area contributed by atoms with Crippen LogP contribution in [0.3, 0.4) is 0 Å². The molecule has 0 fully saturated rings. The van der Waals surface area contributed by atoms with Crippen molar-refractivity contribution in [3.63, 3.8) is 0 Å². The number of nitrogens with zero attached hydrogens (tertiary/aromatic N) is 2. The van der Waals surface area contributed by atoms with Gasteiger partial charge in [-0.3, -0.25) is 0 Å². The molecule has 2 rings (SSSR count). The van der Waals surface area contributed by atoms with Crippen molar-refractivity contribution >= 4 is 0 Å². The van der Waals surface area contributed by atoms with Crippen molar-refractivity contribution in [2.75, 3.05) is 14.2 Å². The molecule has 0 spiro atoms. The summed E-state index contributed by atoms with van der Waals surface area (Å²) in [6.07, 6.45) is 0.954. The summed E-state index contributed by atoms with van der Waals surface area (Å²) in [4.78, 5) is 4.38. The Balaban J connectivity index is 2.29. The molecule has 0 saturated carbocycles. The Hall–Kier alpha value is -2.08. The molecule has 0 saturated heterocycles. The number of aromatic nitrogens is 2. The van der Waals surface area contributed by atoms with Crippen LogP contribution in [0.15, 0.2) is 22.7 Å². The third-order valence-electron chi connectivity index (χ3n) is 3.63. The molecule has 6 heteroatoms. The Kier molecular flexibility index (Phi) is 4.80. The van der Waals surface area contributed by atoms with Crippen LogP contribution in [0.1, 0.15) is 32.2 Å². The molecule has 0 aliphatic carbocycles. The number of rotatable bonds is 6. The Morgan fingerprint density at radius 2 is 1.95 bits per heavy atom. The minimum absolute atomic E-state index is 0.253. The highest BCUT2D eigenvalue weighted by Crippen LogP contribution is 2.31. The van der Waals surface area contributed by atoms with E-state index in [0.29, 0.717) is 23.2 Å². The molecule has 1 unspecified atom stereocenters. The maximum Gasteiger partial charge on any atom is 0.244 e. The average molecular weight is 291 g/mol. The summed E-state index contributed by atoms with van der Waals surface area (Å²) in [5.74, 6) is 2.50. The van der Waals surface area contributed by atoms with Gasteiger partial charge in [-0.1, -0.05) is 25.4 Å². The summed E-state index contributed by atoms with van der Waals surface area (Å²) in [7, 11) is 3.18. The molecule has 0 bridgehead atoms. The second kappa shape index (κ2) is 6.58. The SMILES string of the molecule is CCC(C)[C@H](N)c1nc(-c2ccc(OC)c(OC)c2)no1. The van der Waals surface area contributed by atoms with Crippen molar-refractivity contribution in [2.24, 2.45) is 11.7 Å². The molecule has 0 amide bonds. The van der Waals surface area contributed by atoms with E-state index in [0.717, 1.165) is 12.0 Å². The fraction of sp³-hybridized carbons (Fsp3) is 0.467. The van der Waals surface area contributed by atoms with Crippen LogP contribution in [-0.2, 0) is 0 Å². The van der Waals surface area contributed by atoms with E-state index in [1.807, 2.05) is 12.1 Å². The van der Waals surface area contributed by atoms with E-state index in [1.165, 1.54) is 0 Å². The van der Waals surface area contributed by atoms with Crippen LogP contribution >= 0.6 is 0 Å². The van der Waals surface area contributed by atoms with E-state index < -0.39 is 0 Å². The van der Waals surface area contributed by atoms with Gasteiger partial charge < -0.3 is 19.7 Å². The third kappa shape index (κ3) is 3.16. The van der Waals surface area contributed by atoms with Crippen molar-refractivity contribution < 1.29 is 14.0 Å². The van der Waals surface area contributed by atoms with Crippen LogP contribution in [0.4, 0.5) is 0 Å². The topological polar surface area (TPSA) is 83.4 Å². The summed E-state index contributed by atoms with van der Waals surface area (Å²) >= 11 is 0. The van der Waals surface area contributed by atoms with E-state index in [1.54, 1.807) is 20.3 Å². The third-order valence-corrected chi connectivity index (χ3v) is 3.63. The summed E-state index contributed by atoms with van der Waals surface area (Å²) in [5, 5.41) is 3.99. The van der Waals surface area contributed by atoms with E-state index in [9.17, 15) is 0 Å².